The number of hydrogen-bond donors (Lipinski definition) is 1. The van der Waals surface area contributed by atoms with E-state index in [1.807, 2.05) is 0 Å². The Morgan fingerprint density at radius 3 is 2.37 bits per heavy atom. The third kappa shape index (κ3) is 2.35. The molecule has 19 heavy (non-hydrogen) atoms. The van der Waals surface area contributed by atoms with Crippen molar-refractivity contribution in [1.29, 1.82) is 0 Å². The van der Waals surface area contributed by atoms with Crippen LogP contribution in [-0.2, 0) is 0 Å². The minimum atomic E-state index is -0.496. The lowest BCUT2D eigenvalue weighted by atomic mass is 10.0. The summed E-state index contributed by atoms with van der Waals surface area (Å²) in [5.74, 6) is 2.28. The largest absolute Gasteiger partial charge is 0.495 e. The van der Waals surface area contributed by atoms with Crippen LogP contribution in [0.3, 0.4) is 0 Å². The van der Waals surface area contributed by atoms with Crippen molar-refractivity contribution in [3.05, 3.63) is 27.7 Å². The molecule has 104 valence electrons. The molecule has 2 saturated carbocycles. The molecule has 2 aliphatic rings. The van der Waals surface area contributed by atoms with Gasteiger partial charge >= 0.3 is 0 Å². The van der Waals surface area contributed by atoms with Crippen LogP contribution in [-0.4, -0.2) is 12.2 Å². The monoisotopic (exact) mass is 300 g/mol. The highest BCUT2D eigenvalue weighted by Crippen LogP contribution is 2.61. The molecule has 0 aromatic heterocycles. The summed E-state index contributed by atoms with van der Waals surface area (Å²) >= 11 is 12.4. The smallest absolute Gasteiger partial charge is 0.138 e. The van der Waals surface area contributed by atoms with Crippen molar-refractivity contribution in [3.8, 4) is 5.75 Å². The maximum absolute atomic E-state index is 10.6. The summed E-state index contributed by atoms with van der Waals surface area (Å²) in [7, 11) is 1.56. The van der Waals surface area contributed by atoms with Crippen LogP contribution in [0.5, 0.6) is 5.75 Å². The molecular weight excluding hydrogens is 283 g/mol. The molecule has 2 aliphatic carbocycles. The van der Waals surface area contributed by atoms with E-state index in [4.69, 9.17) is 27.9 Å². The topological polar surface area (TPSA) is 29.5 Å². The summed E-state index contributed by atoms with van der Waals surface area (Å²) in [6, 6.07) is 3.44. The molecule has 2 fully saturated rings. The predicted octanol–water partition coefficient (Wildman–Crippen LogP) is 4.47. The maximum Gasteiger partial charge on any atom is 0.138 e. The van der Waals surface area contributed by atoms with Crippen LogP contribution >= 0.6 is 23.2 Å². The summed E-state index contributed by atoms with van der Waals surface area (Å²) in [6.45, 7) is 0. The number of halogens is 2. The summed E-state index contributed by atoms with van der Waals surface area (Å²) in [4.78, 5) is 0. The molecule has 1 aromatic carbocycles. The number of aliphatic hydroxyl groups is 1. The van der Waals surface area contributed by atoms with Gasteiger partial charge in [0, 0.05) is 11.6 Å². The van der Waals surface area contributed by atoms with Crippen molar-refractivity contribution in [2.24, 2.45) is 17.8 Å². The van der Waals surface area contributed by atoms with Crippen molar-refractivity contribution in [3.63, 3.8) is 0 Å². The van der Waals surface area contributed by atoms with Crippen LogP contribution in [0.25, 0.3) is 0 Å². The number of methoxy groups -OCH3 is 1. The minimum Gasteiger partial charge on any atom is -0.495 e. The lowest BCUT2D eigenvalue weighted by Crippen LogP contribution is -2.04. The first kappa shape index (κ1) is 13.5. The van der Waals surface area contributed by atoms with E-state index in [9.17, 15) is 5.11 Å². The van der Waals surface area contributed by atoms with Crippen molar-refractivity contribution in [2.75, 3.05) is 7.11 Å². The van der Waals surface area contributed by atoms with Crippen LogP contribution in [0.1, 0.15) is 37.4 Å². The molecule has 3 atom stereocenters. The van der Waals surface area contributed by atoms with E-state index in [-0.39, 0.29) is 0 Å². The second-order valence-corrected chi connectivity index (χ2v) is 6.46. The van der Waals surface area contributed by atoms with E-state index in [1.54, 1.807) is 19.2 Å². The van der Waals surface area contributed by atoms with Crippen LogP contribution in [0.4, 0.5) is 0 Å². The maximum atomic E-state index is 10.6. The van der Waals surface area contributed by atoms with Crippen molar-refractivity contribution < 1.29 is 9.84 Å². The third-order valence-corrected chi connectivity index (χ3v) is 5.30. The summed E-state index contributed by atoms with van der Waals surface area (Å²) in [5, 5.41) is 11.6. The standard InChI is InChI=1S/C15H18Cl2O2/c1-19-13-7-11(16)10(6-12(13)17)15(18)14-8-4-2-3-5-9(8)14/h6-9,14-15,18H,2-5H2,1H3. The van der Waals surface area contributed by atoms with E-state index < -0.39 is 6.10 Å². The zero-order valence-electron chi connectivity index (χ0n) is 10.9. The van der Waals surface area contributed by atoms with E-state index in [0.717, 1.165) is 5.56 Å². The van der Waals surface area contributed by atoms with E-state index >= 15 is 0 Å². The van der Waals surface area contributed by atoms with Crippen LogP contribution < -0.4 is 4.74 Å². The second kappa shape index (κ2) is 5.16. The van der Waals surface area contributed by atoms with Gasteiger partial charge in [0.2, 0.25) is 0 Å². The van der Waals surface area contributed by atoms with Gasteiger partial charge in [0.1, 0.15) is 5.75 Å². The Balaban J connectivity index is 1.84. The first-order chi connectivity index (χ1) is 9.13. The first-order valence-corrected chi connectivity index (χ1v) is 7.60. The summed E-state index contributed by atoms with van der Waals surface area (Å²) in [5.41, 5.74) is 0.742. The van der Waals surface area contributed by atoms with Crippen LogP contribution in [0.2, 0.25) is 10.0 Å². The molecule has 0 saturated heterocycles. The average molecular weight is 301 g/mol. The highest BCUT2D eigenvalue weighted by atomic mass is 35.5. The fraction of sp³-hybridized carbons (Fsp3) is 0.600. The molecule has 0 aliphatic heterocycles. The van der Waals surface area contributed by atoms with E-state index in [1.165, 1.54) is 25.7 Å². The second-order valence-electron chi connectivity index (χ2n) is 5.64. The Labute approximate surface area is 123 Å². The number of aliphatic hydroxyl groups excluding tert-OH is 1. The van der Waals surface area contributed by atoms with Gasteiger partial charge in [-0.3, -0.25) is 0 Å². The Bertz CT molecular complexity index is 477. The van der Waals surface area contributed by atoms with Crippen molar-refractivity contribution >= 4 is 23.2 Å². The number of benzene rings is 1. The number of fused-ring (bicyclic) bond motifs is 1. The Morgan fingerprint density at radius 1 is 1.16 bits per heavy atom. The molecule has 0 amide bonds. The van der Waals surface area contributed by atoms with E-state index in [2.05, 4.69) is 0 Å². The predicted molar refractivity (Wildman–Crippen MR) is 76.9 cm³/mol. The van der Waals surface area contributed by atoms with Gasteiger partial charge in [-0.25, -0.2) is 0 Å². The minimum absolute atomic E-state index is 0.365. The molecule has 0 bridgehead atoms. The average Bonchev–Trinajstić information content (AvgIpc) is 3.14. The molecule has 4 heteroatoms. The third-order valence-electron chi connectivity index (χ3n) is 4.68. The fourth-order valence-electron chi connectivity index (χ4n) is 3.65. The molecule has 1 N–H and O–H groups in total. The quantitative estimate of drug-likeness (QED) is 0.892. The summed E-state index contributed by atoms with van der Waals surface area (Å²) in [6.07, 6.45) is 4.58. The van der Waals surface area contributed by atoms with Gasteiger partial charge in [-0.1, -0.05) is 36.0 Å². The SMILES string of the molecule is COc1cc(Cl)c(C(O)C2C3CCCCC32)cc1Cl. The van der Waals surface area contributed by atoms with Gasteiger partial charge in [-0.15, -0.1) is 0 Å². The Kier molecular flexibility index (Phi) is 3.67. The number of ether oxygens (including phenoxy) is 1. The molecule has 1 aromatic rings. The molecule has 2 nitrogen and oxygen atoms in total. The molecule has 0 radical (unpaired) electrons. The van der Waals surface area contributed by atoms with Crippen molar-refractivity contribution in [2.45, 2.75) is 31.8 Å². The molecular formula is C15H18Cl2O2. The van der Waals surface area contributed by atoms with Gasteiger partial charge in [-0.2, -0.15) is 0 Å². The highest BCUT2D eigenvalue weighted by molar-refractivity contribution is 6.34. The lowest BCUT2D eigenvalue weighted by Gasteiger charge is -2.15. The fourth-order valence-corrected chi connectivity index (χ4v) is 4.17. The Morgan fingerprint density at radius 2 is 1.79 bits per heavy atom. The normalized spacial score (nSPS) is 30.6. The van der Waals surface area contributed by atoms with Gasteiger partial charge in [0.15, 0.2) is 0 Å². The molecule has 3 unspecified atom stereocenters. The Hall–Kier alpha value is -0.440. The first-order valence-electron chi connectivity index (χ1n) is 6.84. The lowest BCUT2D eigenvalue weighted by molar-refractivity contribution is 0.142. The highest BCUT2D eigenvalue weighted by Gasteiger charge is 2.54. The van der Waals surface area contributed by atoms with Crippen LogP contribution in [0, 0.1) is 17.8 Å². The zero-order chi connectivity index (χ0) is 13.6. The van der Waals surface area contributed by atoms with Gasteiger partial charge in [0.25, 0.3) is 0 Å². The summed E-state index contributed by atoms with van der Waals surface area (Å²) < 4.78 is 5.13. The zero-order valence-corrected chi connectivity index (χ0v) is 12.4. The molecule has 0 heterocycles. The van der Waals surface area contributed by atoms with Crippen molar-refractivity contribution in [1.82, 2.24) is 0 Å². The van der Waals surface area contributed by atoms with Crippen LogP contribution in [0.15, 0.2) is 12.1 Å². The van der Waals surface area contributed by atoms with Gasteiger partial charge in [0.05, 0.1) is 23.3 Å². The van der Waals surface area contributed by atoms with Gasteiger partial charge in [-0.05, 0) is 36.7 Å². The molecule has 0 spiro atoms. The molecule has 3 rings (SSSR count). The van der Waals surface area contributed by atoms with Gasteiger partial charge < -0.3 is 9.84 Å². The number of rotatable bonds is 3. The number of hydrogen-bond acceptors (Lipinski definition) is 2. The van der Waals surface area contributed by atoms with E-state index in [0.29, 0.717) is 33.5 Å².